The summed E-state index contributed by atoms with van der Waals surface area (Å²) < 4.78 is 0. The molecular weight excluding hydrogens is 458 g/mol. The lowest BCUT2D eigenvalue weighted by molar-refractivity contribution is -0.121. The van der Waals surface area contributed by atoms with Crippen molar-refractivity contribution in [3.63, 3.8) is 0 Å². The Morgan fingerprint density at radius 1 is 0.962 bits per heavy atom. The van der Waals surface area contributed by atoms with Crippen LogP contribution >= 0.6 is 31.9 Å². The van der Waals surface area contributed by atoms with Gasteiger partial charge in [-0.1, -0.05) is 44.0 Å². The molecule has 26 heavy (non-hydrogen) atoms. The molecule has 4 rings (SSSR count). The van der Waals surface area contributed by atoms with Crippen LogP contribution in [-0.2, 0) is 4.79 Å². The number of halogens is 2. The predicted molar refractivity (Wildman–Crippen MR) is 111 cm³/mol. The van der Waals surface area contributed by atoms with E-state index in [2.05, 4.69) is 55.9 Å². The van der Waals surface area contributed by atoms with E-state index >= 15 is 0 Å². The number of rotatable bonds is 5. The maximum atomic E-state index is 12.5. The quantitative estimate of drug-likeness (QED) is 0.420. The molecule has 2 atom stereocenters. The van der Waals surface area contributed by atoms with Gasteiger partial charge in [-0.3, -0.25) is 14.5 Å². The van der Waals surface area contributed by atoms with Crippen molar-refractivity contribution < 1.29 is 9.59 Å². The molecule has 140 valence electrons. The first-order valence-electron chi connectivity index (χ1n) is 9.63. The number of nitrogens with zero attached hydrogens (tertiary/aromatic N) is 1. The van der Waals surface area contributed by atoms with E-state index in [1.165, 1.54) is 23.1 Å². The Bertz CT molecular complexity index is 740. The number of alkyl halides is 2. The lowest BCUT2D eigenvalue weighted by atomic mass is 9.73. The van der Waals surface area contributed by atoms with Gasteiger partial charge in [-0.15, -0.1) is 0 Å². The highest BCUT2D eigenvalue weighted by Gasteiger charge is 2.45. The monoisotopic (exact) mass is 481 g/mol. The average Bonchev–Trinajstić information content (AvgIpc) is 3.19. The van der Waals surface area contributed by atoms with E-state index in [4.69, 9.17) is 0 Å². The van der Waals surface area contributed by atoms with E-state index in [1.54, 1.807) is 0 Å². The maximum Gasteiger partial charge on any atom is 0.173 e. The second kappa shape index (κ2) is 7.48. The number of hydrogen-bond donors (Lipinski definition) is 0. The second-order valence-corrected chi connectivity index (χ2v) is 9.13. The zero-order valence-electron chi connectivity index (χ0n) is 15.1. The van der Waals surface area contributed by atoms with E-state index in [0.717, 1.165) is 37.7 Å². The molecule has 0 aromatic heterocycles. The summed E-state index contributed by atoms with van der Waals surface area (Å²) in [6, 6.07) is 5.16. The molecule has 3 nitrogen and oxygen atoms in total. The predicted octanol–water partition coefficient (Wildman–Crippen LogP) is 5.32. The zero-order chi connectivity index (χ0) is 18.4. The molecule has 1 aromatic carbocycles. The molecule has 1 aromatic rings. The van der Waals surface area contributed by atoms with Crippen LogP contribution in [0.1, 0.15) is 83.6 Å². The van der Waals surface area contributed by atoms with Gasteiger partial charge in [0.05, 0.1) is 10.7 Å². The normalized spacial score (nSPS) is 30.4. The van der Waals surface area contributed by atoms with Gasteiger partial charge in [-0.25, -0.2) is 0 Å². The number of Topliss-reactive ketones (excluding diaryl/α,β-unsaturated/α-hetero) is 2. The molecule has 5 heteroatoms. The Balaban J connectivity index is 1.67. The van der Waals surface area contributed by atoms with Crippen LogP contribution in [0.15, 0.2) is 12.1 Å². The average molecular weight is 483 g/mol. The summed E-state index contributed by atoms with van der Waals surface area (Å²) >= 11 is 6.67. The first-order valence-corrected chi connectivity index (χ1v) is 11.9. The summed E-state index contributed by atoms with van der Waals surface area (Å²) in [5.41, 5.74) is 5.13. The molecule has 3 aliphatic rings. The number of hydrogen-bond acceptors (Lipinski definition) is 3. The highest BCUT2D eigenvalue weighted by molar-refractivity contribution is 9.09. The molecule has 0 N–H and O–H groups in total. The highest BCUT2D eigenvalue weighted by atomic mass is 79.9. The SMILES string of the molecule is CN1C2CCC1c1c(C3CCC(C(=O)CBr)CC3)ccc(C(=O)CBr)c12. The maximum absolute atomic E-state index is 12.5. The van der Waals surface area contributed by atoms with Gasteiger partial charge in [-0.05, 0) is 68.2 Å². The van der Waals surface area contributed by atoms with E-state index in [9.17, 15) is 9.59 Å². The Labute approximate surface area is 172 Å². The third-order valence-corrected chi connectivity index (χ3v) is 7.92. The first-order chi connectivity index (χ1) is 12.6. The summed E-state index contributed by atoms with van der Waals surface area (Å²) in [5.74, 6) is 1.31. The minimum absolute atomic E-state index is 0.195. The molecule has 0 spiro atoms. The number of fused-ring (bicyclic) bond motifs is 5. The molecule has 1 saturated carbocycles. The Hall–Kier alpha value is -0.520. The van der Waals surface area contributed by atoms with Crippen LogP contribution < -0.4 is 0 Å². The smallest absolute Gasteiger partial charge is 0.173 e. The van der Waals surface area contributed by atoms with Crippen molar-refractivity contribution in [1.29, 1.82) is 0 Å². The van der Waals surface area contributed by atoms with Crippen LogP contribution in [0, 0.1) is 5.92 Å². The summed E-state index contributed by atoms with van der Waals surface area (Å²) in [6.45, 7) is 0. The first kappa shape index (κ1) is 18.8. The molecule has 0 amide bonds. The molecule has 1 saturated heterocycles. The van der Waals surface area contributed by atoms with E-state index in [1.807, 2.05) is 0 Å². The fourth-order valence-electron chi connectivity index (χ4n) is 5.53. The van der Waals surface area contributed by atoms with Crippen LogP contribution in [0.5, 0.6) is 0 Å². The van der Waals surface area contributed by atoms with Gasteiger partial charge in [0.15, 0.2) is 5.78 Å². The fourth-order valence-corrected chi connectivity index (χ4v) is 6.29. The Kier molecular flexibility index (Phi) is 5.42. The van der Waals surface area contributed by atoms with Gasteiger partial charge < -0.3 is 0 Å². The van der Waals surface area contributed by atoms with E-state index < -0.39 is 0 Å². The van der Waals surface area contributed by atoms with Crippen molar-refractivity contribution >= 4 is 43.4 Å². The zero-order valence-corrected chi connectivity index (χ0v) is 18.3. The van der Waals surface area contributed by atoms with Crippen molar-refractivity contribution in [2.45, 2.75) is 56.5 Å². The summed E-state index contributed by atoms with van der Waals surface area (Å²) in [5, 5.41) is 0.870. The topological polar surface area (TPSA) is 37.4 Å². The van der Waals surface area contributed by atoms with Gasteiger partial charge in [-0.2, -0.15) is 0 Å². The van der Waals surface area contributed by atoms with Gasteiger partial charge >= 0.3 is 0 Å². The van der Waals surface area contributed by atoms with Crippen LogP contribution in [0.4, 0.5) is 0 Å². The molecule has 2 unspecified atom stereocenters. The van der Waals surface area contributed by atoms with Crippen molar-refractivity contribution in [3.05, 3.63) is 34.4 Å². The highest BCUT2D eigenvalue weighted by Crippen LogP contribution is 2.56. The van der Waals surface area contributed by atoms with Crippen LogP contribution in [0.2, 0.25) is 0 Å². The minimum atomic E-state index is 0.195. The third-order valence-electron chi connectivity index (χ3n) is 6.86. The molecule has 1 aliphatic carbocycles. The Morgan fingerprint density at radius 2 is 1.62 bits per heavy atom. The Morgan fingerprint density at radius 3 is 2.23 bits per heavy atom. The molecule has 2 bridgehead atoms. The number of benzene rings is 1. The second-order valence-electron chi connectivity index (χ2n) is 8.01. The molecule has 2 heterocycles. The summed E-state index contributed by atoms with van der Waals surface area (Å²) in [4.78, 5) is 27.0. The lowest BCUT2D eigenvalue weighted by Crippen LogP contribution is -2.23. The molecule has 2 aliphatic heterocycles. The number of ketones is 2. The summed E-state index contributed by atoms with van der Waals surface area (Å²) in [7, 11) is 2.21. The standard InChI is InChI=1S/C21H25Br2NO2/c1-24-16-8-9-17(24)21-15(19(26)11-23)7-6-14(20(16)21)12-2-4-13(5-3-12)18(25)10-22/h6-7,12-13,16-17H,2-5,8-11H2,1H3. The molecule has 0 radical (unpaired) electrons. The largest absolute Gasteiger partial charge is 0.298 e. The van der Waals surface area contributed by atoms with Gasteiger partial charge in [0, 0.05) is 23.6 Å². The molecular formula is C21H25Br2NO2. The van der Waals surface area contributed by atoms with Gasteiger partial charge in [0.2, 0.25) is 0 Å². The van der Waals surface area contributed by atoms with Crippen molar-refractivity contribution in [3.8, 4) is 0 Å². The van der Waals surface area contributed by atoms with E-state index in [0.29, 0.717) is 34.4 Å². The number of carbonyl (C=O) groups excluding carboxylic acids is 2. The third kappa shape index (κ3) is 2.94. The summed E-state index contributed by atoms with van der Waals surface area (Å²) in [6.07, 6.45) is 6.52. The van der Waals surface area contributed by atoms with Gasteiger partial charge in [0.1, 0.15) is 5.78 Å². The lowest BCUT2D eigenvalue weighted by Gasteiger charge is -2.31. The van der Waals surface area contributed by atoms with Crippen LogP contribution in [-0.4, -0.2) is 34.2 Å². The van der Waals surface area contributed by atoms with Crippen molar-refractivity contribution in [2.24, 2.45) is 5.92 Å². The van der Waals surface area contributed by atoms with Crippen LogP contribution in [0.3, 0.4) is 0 Å². The van der Waals surface area contributed by atoms with Crippen LogP contribution in [0.25, 0.3) is 0 Å². The van der Waals surface area contributed by atoms with Crippen molar-refractivity contribution in [2.75, 3.05) is 17.7 Å². The number of carbonyl (C=O) groups is 2. The van der Waals surface area contributed by atoms with Gasteiger partial charge in [0.25, 0.3) is 0 Å². The molecule has 2 fully saturated rings. The fraction of sp³-hybridized carbons (Fsp3) is 0.619. The minimum Gasteiger partial charge on any atom is -0.298 e. The van der Waals surface area contributed by atoms with Crippen molar-refractivity contribution in [1.82, 2.24) is 4.90 Å². The van der Waals surface area contributed by atoms with E-state index in [-0.39, 0.29) is 11.7 Å².